The highest BCUT2D eigenvalue weighted by atomic mass is 32.2. The molecule has 90 valence electrons. The summed E-state index contributed by atoms with van der Waals surface area (Å²) >= 11 is 2.01. The Morgan fingerprint density at radius 3 is 2.56 bits per heavy atom. The first-order valence-corrected chi connectivity index (χ1v) is 7.03. The molecule has 1 rings (SSSR count). The molecule has 0 aromatic heterocycles. The van der Waals surface area contributed by atoms with E-state index in [0.717, 1.165) is 12.3 Å². The molecule has 0 spiro atoms. The molecule has 0 radical (unpaired) electrons. The predicted octanol–water partition coefficient (Wildman–Crippen LogP) is 3.60. The van der Waals surface area contributed by atoms with Gasteiger partial charge in [-0.05, 0) is 42.2 Å². The summed E-state index contributed by atoms with van der Waals surface area (Å²) in [4.78, 5) is 0. The van der Waals surface area contributed by atoms with Gasteiger partial charge in [0, 0.05) is 5.75 Å². The van der Waals surface area contributed by atoms with E-state index in [9.17, 15) is 0 Å². The van der Waals surface area contributed by atoms with Gasteiger partial charge >= 0.3 is 0 Å². The van der Waals surface area contributed by atoms with E-state index in [-0.39, 0.29) is 0 Å². The molecule has 0 aliphatic carbocycles. The summed E-state index contributed by atoms with van der Waals surface area (Å²) in [6.45, 7) is 7.43. The van der Waals surface area contributed by atoms with E-state index in [2.05, 4.69) is 45.0 Å². The van der Waals surface area contributed by atoms with Crippen LogP contribution in [0.2, 0.25) is 0 Å². The lowest BCUT2D eigenvalue weighted by Crippen LogP contribution is -2.24. The molecule has 0 saturated carbocycles. The minimum atomic E-state index is 0.290. The number of rotatable bonds is 6. The third kappa shape index (κ3) is 4.58. The lowest BCUT2D eigenvalue weighted by Gasteiger charge is -2.21. The first-order chi connectivity index (χ1) is 7.55. The topological polar surface area (TPSA) is 26.0 Å². The normalized spacial score (nSPS) is 11.8. The zero-order valence-electron chi connectivity index (χ0n) is 10.6. The van der Waals surface area contributed by atoms with Gasteiger partial charge in [0.25, 0.3) is 0 Å². The van der Waals surface area contributed by atoms with Crippen LogP contribution in [0.1, 0.15) is 31.4 Å². The summed E-state index contributed by atoms with van der Waals surface area (Å²) in [7, 11) is 0. The lowest BCUT2D eigenvalue weighted by atomic mass is 9.91. The second-order valence-corrected chi connectivity index (χ2v) is 6.20. The summed E-state index contributed by atoms with van der Waals surface area (Å²) in [6.07, 6.45) is 1.19. The standard InChI is InChI=1S/C14H23NS/c1-12-6-4-5-7-13(12)10-16-9-8-14(2,3)11-15/h4-7H,8-11,15H2,1-3H3. The second-order valence-electron chi connectivity index (χ2n) is 5.10. The summed E-state index contributed by atoms with van der Waals surface area (Å²) in [5.74, 6) is 2.31. The molecule has 0 saturated heterocycles. The van der Waals surface area contributed by atoms with Gasteiger partial charge in [0.05, 0.1) is 0 Å². The molecule has 16 heavy (non-hydrogen) atoms. The van der Waals surface area contributed by atoms with Crippen LogP contribution in [0.3, 0.4) is 0 Å². The molecule has 2 heteroatoms. The molecule has 1 nitrogen and oxygen atoms in total. The highest BCUT2D eigenvalue weighted by molar-refractivity contribution is 7.98. The molecule has 0 unspecified atom stereocenters. The van der Waals surface area contributed by atoms with Crippen molar-refractivity contribution in [3.8, 4) is 0 Å². The Kier molecular flexibility index (Phi) is 5.36. The molecular formula is C14H23NS. The smallest absolute Gasteiger partial charge is 0.0187 e. The van der Waals surface area contributed by atoms with Crippen LogP contribution in [0, 0.1) is 12.3 Å². The van der Waals surface area contributed by atoms with Crippen LogP contribution in [0.15, 0.2) is 24.3 Å². The zero-order chi connectivity index (χ0) is 12.0. The molecule has 1 aromatic rings. The maximum absolute atomic E-state index is 5.71. The maximum Gasteiger partial charge on any atom is 0.0187 e. The second kappa shape index (κ2) is 6.31. The van der Waals surface area contributed by atoms with Gasteiger partial charge in [0.15, 0.2) is 0 Å². The van der Waals surface area contributed by atoms with Crippen LogP contribution < -0.4 is 5.73 Å². The van der Waals surface area contributed by atoms with Crippen LogP contribution in [-0.2, 0) is 5.75 Å². The van der Waals surface area contributed by atoms with Gasteiger partial charge in [-0.3, -0.25) is 0 Å². The van der Waals surface area contributed by atoms with Gasteiger partial charge in [-0.25, -0.2) is 0 Å². The van der Waals surface area contributed by atoms with Crippen molar-refractivity contribution in [2.24, 2.45) is 11.1 Å². The number of thioether (sulfide) groups is 1. The Morgan fingerprint density at radius 2 is 1.94 bits per heavy atom. The minimum Gasteiger partial charge on any atom is -0.330 e. The van der Waals surface area contributed by atoms with E-state index in [4.69, 9.17) is 5.73 Å². The monoisotopic (exact) mass is 237 g/mol. The Balaban J connectivity index is 2.29. The zero-order valence-corrected chi connectivity index (χ0v) is 11.4. The number of benzene rings is 1. The molecule has 0 bridgehead atoms. The van der Waals surface area contributed by atoms with Crippen molar-refractivity contribution < 1.29 is 0 Å². The van der Waals surface area contributed by atoms with Crippen molar-refractivity contribution >= 4 is 11.8 Å². The quantitative estimate of drug-likeness (QED) is 0.765. The van der Waals surface area contributed by atoms with Crippen molar-refractivity contribution in [3.05, 3.63) is 35.4 Å². The summed E-state index contributed by atoms with van der Waals surface area (Å²) in [5.41, 5.74) is 8.86. The molecule has 0 amide bonds. The predicted molar refractivity (Wildman–Crippen MR) is 74.8 cm³/mol. The fraction of sp³-hybridized carbons (Fsp3) is 0.571. The van der Waals surface area contributed by atoms with Crippen molar-refractivity contribution in [2.75, 3.05) is 12.3 Å². The number of hydrogen-bond donors (Lipinski definition) is 1. The summed E-state index contributed by atoms with van der Waals surface area (Å²) in [5, 5.41) is 0. The van der Waals surface area contributed by atoms with Crippen LogP contribution in [0.4, 0.5) is 0 Å². The first kappa shape index (κ1) is 13.6. The van der Waals surface area contributed by atoms with Crippen LogP contribution >= 0.6 is 11.8 Å². The van der Waals surface area contributed by atoms with Crippen LogP contribution in [-0.4, -0.2) is 12.3 Å². The number of nitrogens with two attached hydrogens (primary N) is 1. The Morgan fingerprint density at radius 1 is 1.25 bits per heavy atom. The minimum absolute atomic E-state index is 0.290. The van der Waals surface area contributed by atoms with E-state index < -0.39 is 0 Å². The average molecular weight is 237 g/mol. The van der Waals surface area contributed by atoms with E-state index in [1.165, 1.54) is 23.3 Å². The fourth-order valence-corrected chi connectivity index (χ4v) is 2.79. The Labute approximate surface area is 104 Å². The molecule has 0 atom stereocenters. The van der Waals surface area contributed by atoms with E-state index >= 15 is 0 Å². The molecule has 0 heterocycles. The Bertz CT molecular complexity index is 320. The van der Waals surface area contributed by atoms with E-state index in [0.29, 0.717) is 5.41 Å². The van der Waals surface area contributed by atoms with Gasteiger partial charge in [0.2, 0.25) is 0 Å². The van der Waals surface area contributed by atoms with Gasteiger partial charge in [-0.1, -0.05) is 38.1 Å². The van der Waals surface area contributed by atoms with Gasteiger partial charge in [0.1, 0.15) is 0 Å². The van der Waals surface area contributed by atoms with Crippen molar-refractivity contribution in [2.45, 2.75) is 32.9 Å². The van der Waals surface area contributed by atoms with Crippen molar-refractivity contribution in [3.63, 3.8) is 0 Å². The molecule has 0 fully saturated rings. The average Bonchev–Trinajstić information content (AvgIpc) is 2.27. The third-order valence-electron chi connectivity index (χ3n) is 2.99. The Hall–Kier alpha value is -0.470. The number of hydrogen-bond acceptors (Lipinski definition) is 2. The van der Waals surface area contributed by atoms with Gasteiger partial charge in [-0.15, -0.1) is 0 Å². The van der Waals surface area contributed by atoms with Crippen molar-refractivity contribution in [1.29, 1.82) is 0 Å². The van der Waals surface area contributed by atoms with Crippen molar-refractivity contribution in [1.82, 2.24) is 0 Å². The first-order valence-electron chi connectivity index (χ1n) is 5.87. The molecule has 1 aromatic carbocycles. The van der Waals surface area contributed by atoms with Crippen LogP contribution in [0.25, 0.3) is 0 Å². The number of aryl methyl sites for hydroxylation is 1. The largest absolute Gasteiger partial charge is 0.330 e. The highest BCUT2D eigenvalue weighted by Crippen LogP contribution is 2.23. The lowest BCUT2D eigenvalue weighted by molar-refractivity contribution is 0.368. The summed E-state index contributed by atoms with van der Waals surface area (Å²) < 4.78 is 0. The van der Waals surface area contributed by atoms with E-state index in [1.807, 2.05) is 11.8 Å². The molecule has 0 aliphatic heterocycles. The van der Waals surface area contributed by atoms with Gasteiger partial charge < -0.3 is 5.73 Å². The highest BCUT2D eigenvalue weighted by Gasteiger charge is 2.14. The van der Waals surface area contributed by atoms with Gasteiger partial charge in [-0.2, -0.15) is 11.8 Å². The van der Waals surface area contributed by atoms with Crippen LogP contribution in [0.5, 0.6) is 0 Å². The third-order valence-corrected chi connectivity index (χ3v) is 4.00. The SMILES string of the molecule is Cc1ccccc1CSCCC(C)(C)CN. The fourth-order valence-electron chi connectivity index (χ4n) is 1.40. The maximum atomic E-state index is 5.71. The molecule has 2 N–H and O–H groups in total. The van der Waals surface area contributed by atoms with E-state index in [1.54, 1.807) is 0 Å². The summed E-state index contributed by atoms with van der Waals surface area (Å²) in [6, 6.07) is 8.61. The molecule has 0 aliphatic rings. The molecular weight excluding hydrogens is 214 g/mol.